The number of carboxylic acid groups (broad SMARTS) is 1. The van der Waals surface area contributed by atoms with Crippen LogP contribution in [0.25, 0.3) is 0 Å². The number of hydrogen-bond donors (Lipinski definition) is 1. The second-order valence-corrected chi connectivity index (χ2v) is 4.23. The first kappa shape index (κ1) is 10.2. The van der Waals surface area contributed by atoms with Crippen molar-refractivity contribution in [2.45, 2.75) is 10.9 Å². The molecule has 0 bridgehead atoms. The first-order valence-corrected chi connectivity index (χ1v) is 5.19. The van der Waals surface area contributed by atoms with Crippen LogP contribution >= 0.6 is 15.9 Å². The minimum atomic E-state index is -1.23. The second kappa shape index (κ2) is 3.66. The summed E-state index contributed by atoms with van der Waals surface area (Å²) >= 11 is 3.31. The Labute approximate surface area is 94.0 Å². The van der Waals surface area contributed by atoms with E-state index >= 15 is 0 Å². The summed E-state index contributed by atoms with van der Waals surface area (Å²) in [7, 11) is 0. The maximum absolute atomic E-state index is 11.5. The van der Waals surface area contributed by atoms with E-state index in [0.29, 0.717) is 5.57 Å². The Morgan fingerprint density at radius 2 is 2.20 bits per heavy atom. The number of rotatable bonds is 1. The molecular formula is C10H7BrO4. The van der Waals surface area contributed by atoms with Crippen LogP contribution in [-0.4, -0.2) is 27.8 Å². The lowest BCUT2D eigenvalue weighted by molar-refractivity contribution is -0.138. The van der Waals surface area contributed by atoms with Gasteiger partial charge in [0.2, 0.25) is 5.76 Å². The Hall–Kier alpha value is -1.36. The van der Waals surface area contributed by atoms with Crippen molar-refractivity contribution in [1.29, 1.82) is 0 Å². The monoisotopic (exact) mass is 270 g/mol. The highest BCUT2D eigenvalue weighted by Crippen LogP contribution is 2.26. The molecule has 0 aromatic carbocycles. The summed E-state index contributed by atoms with van der Waals surface area (Å²) in [6, 6.07) is 0. The van der Waals surface area contributed by atoms with Crippen LogP contribution in [-0.2, 0) is 14.3 Å². The fourth-order valence-corrected chi connectivity index (χ4v) is 1.90. The predicted molar refractivity (Wildman–Crippen MR) is 55.5 cm³/mol. The molecule has 1 aliphatic heterocycles. The van der Waals surface area contributed by atoms with Crippen molar-refractivity contribution in [3.63, 3.8) is 0 Å². The van der Waals surface area contributed by atoms with E-state index in [9.17, 15) is 9.59 Å². The summed E-state index contributed by atoms with van der Waals surface area (Å²) in [6.45, 7) is 0. The molecule has 2 atom stereocenters. The van der Waals surface area contributed by atoms with Gasteiger partial charge >= 0.3 is 5.97 Å². The number of hydrogen-bond acceptors (Lipinski definition) is 3. The highest BCUT2D eigenvalue weighted by molar-refractivity contribution is 9.09. The van der Waals surface area contributed by atoms with E-state index in [2.05, 4.69) is 15.9 Å². The van der Waals surface area contributed by atoms with E-state index in [1.165, 1.54) is 0 Å². The molecule has 1 heterocycles. The average molecular weight is 271 g/mol. The number of ketones is 1. The Balaban J connectivity index is 2.36. The van der Waals surface area contributed by atoms with Crippen LogP contribution in [0.2, 0.25) is 0 Å². The van der Waals surface area contributed by atoms with E-state index in [1.807, 2.05) is 0 Å². The fourth-order valence-electron chi connectivity index (χ4n) is 1.44. The van der Waals surface area contributed by atoms with Gasteiger partial charge in [0.25, 0.3) is 0 Å². The van der Waals surface area contributed by atoms with Crippen LogP contribution in [0.4, 0.5) is 0 Å². The van der Waals surface area contributed by atoms with Crippen molar-refractivity contribution in [1.82, 2.24) is 0 Å². The molecule has 5 heteroatoms. The number of carbonyl (C=O) groups excluding carboxylic acids is 1. The van der Waals surface area contributed by atoms with Gasteiger partial charge in [-0.05, 0) is 6.08 Å². The molecule has 1 aliphatic carbocycles. The van der Waals surface area contributed by atoms with Crippen molar-refractivity contribution in [2.75, 3.05) is 0 Å². The van der Waals surface area contributed by atoms with E-state index in [-0.39, 0.29) is 16.4 Å². The molecule has 0 saturated heterocycles. The van der Waals surface area contributed by atoms with Crippen molar-refractivity contribution in [2.24, 2.45) is 0 Å². The number of carbonyl (C=O) groups is 2. The number of fused-ring (bicyclic) bond motifs is 1. The maximum atomic E-state index is 11.5. The molecule has 0 saturated carbocycles. The molecule has 4 nitrogen and oxygen atoms in total. The zero-order chi connectivity index (χ0) is 11.0. The van der Waals surface area contributed by atoms with Gasteiger partial charge in [-0.25, -0.2) is 4.79 Å². The van der Waals surface area contributed by atoms with E-state index in [1.54, 1.807) is 18.2 Å². The molecule has 0 aromatic rings. The summed E-state index contributed by atoms with van der Waals surface area (Å²) in [6.07, 6.45) is 5.61. The zero-order valence-electron chi connectivity index (χ0n) is 7.51. The largest absolute Gasteiger partial charge is 0.475 e. The van der Waals surface area contributed by atoms with Crippen molar-refractivity contribution in [3.8, 4) is 0 Å². The average Bonchev–Trinajstić information content (AvgIpc) is 2.18. The SMILES string of the molecule is O=C(O)C1=CC(=O)C2=CC(Br)C=CC2O1. The minimum Gasteiger partial charge on any atom is -0.475 e. The Morgan fingerprint density at radius 1 is 1.47 bits per heavy atom. The lowest BCUT2D eigenvalue weighted by Crippen LogP contribution is -2.29. The molecule has 0 fully saturated rings. The Bertz CT molecular complexity index is 419. The highest BCUT2D eigenvalue weighted by Gasteiger charge is 2.30. The molecule has 0 radical (unpaired) electrons. The van der Waals surface area contributed by atoms with Gasteiger partial charge in [-0.2, -0.15) is 0 Å². The third kappa shape index (κ3) is 1.87. The molecule has 1 N–H and O–H groups in total. The summed E-state index contributed by atoms with van der Waals surface area (Å²) in [5.41, 5.74) is 0.476. The summed E-state index contributed by atoms with van der Waals surface area (Å²) < 4.78 is 5.14. The Kier molecular flexibility index (Phi) is 2.48. The number of carboxylic acids is 1. The topological polar surface area (TPSA) is 63.6 Å². The number of ether oxygens (including phenoxy) is 1. The third-order valence-electron chi connectivity index (χ3n) is 2.13. The van der Waals surface area contributed by atoms with Gasteiger partial charge < -0.3 is 9.84 Å². The molecule has 2 rings (SSSR count). The maximum Gasteiger partial charge on any atom is 0.371 e. The first-order chi connectivity index (χ1) is 7.08. The first-order valence-electron chi connectivity index (χ1n) is 4.28. The predicted octanol–water partition coefficient (Wildman–Crippen LogP) is 1.18. The lowest BCUT2D eigenvalue weighted by atomic mass is 9.96. The van der Waals surface area contributed by atoms with Crippen molar-refractivity contribution >= 4 is 27.7 Å². The third-order valence-corrected chi connectivity index (χ3v) is 2.70. The van der Waals surface area contributed by atoms with Gasteiger partial charge in [0.1, 0.15) is 6.10 Å². The van der Waals surface area contributed by atoms with Crippen LogP contribution in [0.5, 0.6) is 0 Å². The minimum absolute atomic E-state index is 0.00363. The molecule has 0 aromatic heterocycles. The molecular weight excluding hydrogens is 264 g/mol. The van der Waals surface area contributed by atoms with Crippen LogP contribution in [0.3, 0.4) is 0 Å². The van der Waals surface area contributed by atoms with Gasteiger partial charge in [-0.3, -0.25) is 4.79 Å². The molecule has 2 aliphatic rings. The van der Waals surface area contributed by atoms with Gasteiger partial charge in [-0.1, -0.05) is 28.1 Å². The normalized spacial score (nSPS) is 28.7. The van der Waals surface area contributed by atoms with Crippen LogP contribution in [0.15, 0.2) is 35.6 Å². The van der Waals surface area contributed by atoms with Gasteiger partial charge in [0, 0.05) is 11.6 Å². The zero-order valence-corrected chi connectivity index (χ0v) is 9.10. The fraction of sp³-hybridized carbons (Fsp3) is 0.200. The van der Waals surface area contributed by atoms with E-state index in [4.69, 9.17) is 9.84 Å². The van der Waals surface area contributed by atoms with Gasteiger partial charge in [0.05, 0.1) is 4.83 Å². The molecule has 2 unspecified atom stereocenters. The van der Waals surface area contributed by atoms with Crippen molar-refractivity contribution < 1.29 is 19.4 Å². The Morgan fingerprint density at radius 3 is 2.87 bits per heavy atom. The molecule has 15 heavy (non-hydrogen) atoms. The summed E-state index contributed by atoms with van der Waals surface area (Å²) in [5.74, 6) is -1.84. The standard InChI is InChI=1S/C10H7BrO4/c11-5-1-2-8-6(3-5)7(12)4-9(15-8)10(13)14/h1-5,8H,(H,13,14). The van der Waals surface area contributed by atoms with Crippen LogP contribution in [0.1, 0.15) is 0 Å². The van der Waals surface area contributed by atoms with Gasteiger partial charge in [0.15, 0.2) is 5.78 Å². The smallest absolute Gasteiger partial charge is 0.371 e. The summed E-state index contributed by atoms with van der Waals surface area (Å²) in [5, 5.41) is 8.70. The molecule has 0 spiro atoms. The summed E-state index contributed by atoms with van der Waals surface area (Å²) in [4.78, 5) is 22.2. The number of aliphatic carboxylic acids is 1. The number of allylic oxidation sites excluding steroid dienone is 3. The van der Waals surface area contributed by atoms with Crippen LogP contribution in [0, 0.1) is 0 Å². The highest BCUT2D eigenvalue weighted by atomic mass is 79.9. The molecule has 78 valence electrons. The van der Waals surface area contributed by atoms with Gasteiger partial charge in [-0.15, -0.1) is 0 Å². The van der Waals surface area contributed by atoms with Crippen molar-refractivity contribution in [3.05, 3.63) is 35.6 Å². The molecule has 0 amide bonds. The van der Waals surface area contributed by atoms with E-state index < -0.39 is 12.1 Å². The lowest BCUT2D eigenvalue weighted by Gasteiger charge is -2.25. The number of halogens is 1. The second-order valence-electron chi connectivity index (χ2n) is 3.17. The quantitative estimate of drug-likeness (QED) is 0.574. The van der Waals surface area contributed by atoms with Crippen LogP contribution < -0.4 is 0 Å². The number of alkyl halides is 1. The van der Waals surface area contributed by atoms with E-state index in [0.717, 1.165) is 6.08 Å².